The number of nitrogens with zero attached hydrogens (tertiary/aromatic N) is 1. The fraction of sp³-hybridized carbons (Fsp3) is 0.455. The molecule has 20 heavy (non-hydrogen) atoms. The molecule has 3 N–H and O–H groups in total. The van der Waals surface area contributed by atoms with Crippen LogP contribution < -0.4 is 5.73 Å². The van der Waals surface area contributed by atoms with Crippen LogP contribution in [0.1, 0.15) is 12.8 Å². The molecule has 0 aromatic heterocycles. The van der Waals surface area contributed by atoms with E-state index in [-0.39, 0.29) is 16.3 Å². The highest BCUT2D eigenvalue weighted by atomic mass is 32.2. The maximum atomic E-state index is 12.5. The molecule has 1 aliphatic rings. The largest absolute Gasteiger partial charge is 0.506 e. The Morgan fingerprint density at radius 1 is 1.35 bits per heavy atom. The molecule has 0 saturated heterocycles. The lowest BCUT2D eigenvalue weighted by Crippen LogP contribution is -2.40. The smallest absolute Gasteiger partial charge is 0.402 e. The van der Waals surface area contributed by atoms with Crippen LogP contribution in [0.25, 0.3) is 0 Å². The van der Waals surface area contributed by atoms with Gasteiger partial charge in [0.25, 0.3) is 0 Å². The summed E-state index contributed by atoms with van der Waals surface area (Å²) in [7, 11) is -4.29. The Kier molecular flexibility index (Phi) is 3.59. The predicted molar refractivity (Wildman–Crippen MR) is 65.5 cm³/mol. The summed E-state index contributed by atoms with van der Waals surface area (Å²) in [5, 5.41) is 9.24. The van der Waals surface area contributed by atoms with Gasteiger partial charge in [-0.25, -0.2) is 8.42 Å². The van der Waals surface area contributed by atoms with Crippen LogP contribution in [0.5, 0.6) is 5.75 Å². The molecule has 1 saturated carbocycles. The summed E-state index contributed by atoms with van der Waals surface area (Å²) >= 11 is 0. The molecule has 0 radical (unpaired) electrons. The molecule has 5 nitrogen and oxygen atoms in total. The van der Waals surface area contributed by atoms with E-state index in [1.807, 2.05) is 0 Å². The molecular weight excluding hydrogens is 297 g/mol. The van der Waals surface area contributed by atoms with Crippen LogP contribution in [0.3, 0.4) is 0 Å². The standard InChI is InChI=1S/C11H13F3N2O3S/c12-11(13,14)6-16(7-1-2-7)20(18,19)8-3-4-10(17)9(15)5-8/h3-5,7,17H,1-2,6,15H2. The first-order valence-corrected chi connectivity index (χ1v) is 7.22. The Hall–Kier alpha value is -1.48. The van der Waals surface area contributed by atoms with Gasteiger partial charge in [0.15, 0.2) is 0 Å². The SMILES string of the molecule is Nc1cc(S(=O)(=O)N(CC(F)(F)F)C2CC2)ccc1O. The van der Waals surface area contributed by atoms with Gasteiger partial charge in [-0.05, 0) is 31.0 Å². The minimum atomic E-state index is -4.61. The zero-order valence-electron chi connectivity index (χ0n) is 10.3. The first kappa shape index (κ1) is 14.9. The second-order valence-electron chi connectivity index (χ2n) is 4.62. The number of aromatic hydroxyl groups is 1. The van der Waals surface area contributed by atoms with Crippen molar-refractivity contribution in [3.05, 3.63) is 18.2 Å². The minimum absolute atomic E-state index is 0.200. The summed E-state index contributed by atoms with van der Waals surface area (Å²) in [6, 6.07) is 2.40. The number of anilines is 1. The average Bonchev–Trinajstić information content (AvgIpc) is 3.12. The van der Waals surface area contributed by atoms with Gasteiger partial charge < -0.3 is 10.8 Å². The Morgan fingerprint density at radius 2 is 1.95 bits per heavy atom. The average molecular weight is 310 g/mol. The van der Waals surface area contributed by atoms with E-state index in [0.29, 0.717) is 17.1 Å². The molecule has 0 spiro atoms. The van der Waals surface area contributed by atoms with Crippen LogP contribution in [0.15, 0.2) is 23.1 Å². The lowest BCUT2D eigenvalue weighted by molar-refractivity contribution is -0.137. The number of benzene rings is 1. The normalized spacial score (nSPS) is 16.6. The molecule has 0 atom stereocenters. The minimum Gasteiger partial charge on any atom is -0.506 e. The van der Waals surface area contributed by atoms with Crippen molar-refractivity contribution in [1.82, 2.24) is 4.31 Å². The van der Waals surface area contributed by atoms with Crippen LogP contribution in [-0.4, -0.2) is 36.6 Å². The fourth-order valence-electron chi connectivity index (χ4n) is 1.78. The Morgan fingerprint density at radius 3 is 2.40 bits per heavy atom. The summed E-state index contributed by atoms with van der Waals surface area (Å²) in [6.45, 7) is -1.53. The number of nitrogen functional groups attached to an aromatic ring is 1. The van der Waals surface area contributed by atoms with Gasteiger partial charge in [0.2, 0.25) is 10.0 Å². The highest BCUT2D eigenvalue weighted by Crippen LogP contribution is 2.35. The third-order valence-electron chi connectivity index (χ3n) is 2.89. The number of phenolic OH excluding ortho intramolecular Hbond substituents is 1. The van der Waals surface area contributed by atoms with Gasteiger partial charge in [0.05, 0.1) is 10.6 Å². The van der Waals surface area contributed by atoms with Crippen LogP contribution in [0, 0.1) is 0 Å². The molecular formula is C11H13F3N2O3S. The number of halogens is 3. The Labute approximate surface area is 113 Å². The lowest BCUT2D eigenvalue weighted by Gasteiger charge is -2.23. The molecule has 1 fully saturated rings. The molecule has 0 amide bonds. The van der Waals surface area contributed by atoms with Gasteiger partial charge in [-0.3, -0.25) is 0 Å². The van der Waals surface area contributed by atoms with Gasteiger partial charge in [-0.1, -0.05) is 0 Å². The summed E-state index contributed by atoms with van der Waals surface area (Å²) < 4.78 is 62.5. The van der Waals surface area contributed by atoms with E-state index in [4.69, 9.17) is 5.73 Å². The topological polar surface area (TPSA) is 83.6 Å². The van der Waals surface area contributed by atoms with Gasteiger partial charge in [-0.15, -0.1) is 0 Å². The summed E-state index contributed by atoms with van der Waals surface area (Å²) in [5.41, 5.74) is 5.18. The number of rotatable bonds is 4. The molecule has 2 rings (SSSR count). The molecule has 0 aliphatic heterocycles. The molecule has 0 unspecified atom stereocenters. The molecule has 1 aliphatic carbocycles. The Balaban J connectivity index is 2.37. The molecule has 112 valence electrons. The predicted octanol–water partition coefficient (Wildman–Crippen LogP) is 1.69. The van der Waals surface area contributed by atoms with Crippen LogP contribution in [0.4, 0.5) is 18.9 Å². The van der Waals surface area contributed by atoms with Gasteiger partial charge >= 0.3 is 6.18 Å². The monoisotopic (exact) mass is 310 g/mol. The van der Waals surface area contributed by atoms with Crippen molar-refractivity contribution >= 4 is 15.7 Å². The van der Waals surface area contributed by atoms with Crippen molar-refractivity contribution in [2.45, 2.75) is 30.0 Å². The molecule has 9 heteroatoms. The number of hydrogen-bond donors (Lipinski definition) is 2. The molecule has 1 aromatic carbocycles. The van der Waals surface area contributed by atoms with E-state index < -0.39 is 28.8 Å². The fourth-order valence-corrected chi connectivity index (χ4v) is 3.48. The van der Waals surface area contributed by atoms with E-state index in [9.17, 15) is 26.7 Å². The van der Waals surface area contributed by atoms with Crippen LogP contribution in [0.2, 0.25) is 0 Å². The van der Waals surface area contributed by atoms with E-state index in [2.05, 4.69) is 0 Å². The van der Waals surface area contributed by atoms with Crippen molar-refractivity contribution in [2.75, 3.05) is 12.3 Å². The quantitative estimate of drug-likeness (QED) is 0.655. The molecule has 0 heterocycles. The van der Waals surface area contributed by atoms with Crippen molar-refractivity contribution in [3.8, 4) is 5.75 Å². The lowest BCUT2D eigenvalue weighted by atomic mass is 10.3. The van der Waals surface area contributed by atoms with E-state index in [0.717, 1.165) is 18.2 Å². The Bertz CT molecular complexity index is 612. The van der Waals surface area contributed by atoms with E-state index >= 15 is 0 Å². The summed E-state index contributed by atoms with van der Waals surface area (Å²) in [6.07, 6.45) is -3.80. The first-order valence-electron chi connectivity index (χ1n) is 5.78. The number of hydrogen-bond acceptors (Lipinski definition) is 4. The van der Waals surface area contributed by atoms with E-state index in [1.165, 1.54) is 0 Å². The van der Waals surface area contributed by atoms with Gasteiger partial charge in [-0.2, -0.15) is 17.5 Å². The molecule has 1 aromatic rings. The zero-order valence-corrected chi connectivity index (χ0v) is 11.1. The van der Waals surface area contributed by atoms with Gasteiger partial charge in [0, 0.05) is 6.04 Å². The third-order valence-corrected chi connectivity index (χ3v) is 4.79. The van der Waals surface area contributed by atoms with Crippen molar-refractivity contribution in [3.63, 3.8) is 0 Å². The summed E-state index contributed by atoms with van der Waals surface area (Å²) in [4.78, 5) is -0.357. The van der Waals surface area contributed by atoms with Crippen molar-refractivity contribution in [1.29, 1.82) is 0 Å². The van der Waals surface area contributed by atoms with Gasteiger partial charge in [0.1, 0.15) is 12.3 Å². The van der Waals surface area contributed by atoms with Crippen molar-refractivity contribution in [2.24, 2.45) is 0 Å². The van der Waals surface area contributed by atoms with Crippen molar-refractivity contribution < 1.29 is 26.7 Å². The number of phenols is 1. The number of alkyl halides is 3. The zero-order chi connectivity index (χ0) is 15.1. The second-order valence-corrected chi connectivity index (χ2v) is 6.51. The van der Waals surface area contributed by atoms with E-state index in [1.54, 1.807) is 0 Å². The second kappa shape index (κ2) is 4.81. The maximum Gasteiger partial charge on any atom is 0.402 e. The summed E-state index contributed by atoms with van der Waals surface area (Å²) in [5.74, 6) is -0.322. The third kappa shape index (κ3) is 3.15. The maximum absolute atomic E-state index is 12.5. The van der Waals surface area contributed by atoms with Crippen LogP contribution in [-0.2, 0) is 10.0 Å². The van der Waals surface area contributed by atoms with Crippen LogP contribution >= 0.6 is 0 Å². The molecule has 0 bridgehead atoms. The first-order chi connectivity index (χ1) is 9.11. The highest BCUT2D eigenvalue weighted by molar-refractivity contribution is 7.89. The highest BCUT2D eigenvalue weighted by Gasteiger charge is 2.44. The number of nitrogens with two attached hydrogens (primary N) is 1. The number of sulfonamides is 1.